The predicted molar refractivity (Wildman–Crippen MR) is 56.0 cm³/mol. The summed E-state index contributed by atoms with van der Waals surface area (Å²) in [5.74, 6) is 0.871. The zero-order valence-electron chi connectivity index (χ0n) is 8.85. The predicted octanol–water partition coefficient (Wildman–Crippen LogP) is 1.29. The number of hydrogen-bond acceptors (Lipinski definition) is 3. The maximum absolute atomic E-state index is 11.8. The van der Waals surface area contributed by atoms with Crippen LogP contribution in [-0.4, -0.2) is 23.4 Å². The normalized spacial score (nSPS) is 23.1. The molecule has 0 aromatic carbocycles. The van der Waals surface area contributed by atoms with E-state index < -0.39 is 6.04 Å². The second-order valence-corrected chi connectivity index (χ2v) is 3.99. The lowest BCUT2D eigenvalue weighted by Crippen LogP contribution is -2.41. The number of likely N-dealkylation sites (tertiary alicyclic amines) is 1. The molecule has 0 saturated carbocycles. The highest BCUT2D eigenvalue weighted by Gasteiger charge is 2.32. The maximum atomic E-state index is 11.8. The lowest BCUT2D eigenvalue weighted by Gasteiger charge is -2.24. The van der Waals surface area contributed by atoms with Gasteiger partial charge in [-0.1, -0.05) is 0 Å². The molecule has 82 valence electrons. The summed E-state index contributed by atoms with van der Waals surface area (Å²) in [5, 5.41) is 0. The summed E-state index contributed by atoms with van der Waals surface area (Å²) in [6.07, 6.45) is 3.62. The zero-order valence-corrected chi connectivity index (χ0v) is 8.85. The Hall–Kier alpha value is -1.29. The van der Waals surface area contributed by atoms with Gasteiger partial charge in [-0.25, -0.2) is 0 Å². The van der Waals surface area contributed by atoms with Crippen LogP contribution in [0.15, 0.2) is 22.8 Å². The maximum Gasteiger partial charge on any atom is 0.239 e. The third-order valence-electron chi connectivity index (χ3n) is 2.80. The van der Waals surface area contributed by atoms with Gasteiger partial charge in [0.15, 0.2) is 0 Å². The van der Waals surface area contributed by atoms with E-state index in [1.54, 1.807) is 13.2 Å². The Morgan fingerprint density at radius 2 is 2.53 bits per heavy atom. The minimum Gasteiger partial charge on any atom is -0.467 e. The number of nitrogens with two attached hydrogens (primary N) is 1. The van der Waals surface area contributed by atoms with Gasteiger partial charge in [-0.2, -0.15) is 0 Å². The molecule has 0 bridgehead atoms. The zero-order chi connectivity index (χ0) is 10.8. The van der Waals surface area contributed by atoms with Crippen molar-refractivity contribution in [3.05, 3.63) is 24.2 Å². The molecule has 2 atom stereocenters. The molecule has 4 nitrogen and oxygen atoms in total. The van der Waals surface area contributed by atoms with Crippen molar-refractivity contribution in [1.29, 1.82) is 0 Å². The highest BCUT2D eigenvalue weighted by molar-refractivity contribution is 5.81. The van der Waals surface area contributed by atoms with E-state index in [1.807, 2.05) is 17.0 Å². The summed E-state index contributed by atoms with van der Waals surface area (Å²) in [7, 11) is 0. The molecule has 1 aliphatic rings. The second kappa shape index (κ2) is 4.06. The largest absolute Gasteiger partial charge is 0.467 e. The summed E-state index contributed by atoms with van der Waals surface area (Å²) in [5.41, 5.74) is 5.61. The molecule has 2 unspecified atom stereocenters. The van der Waals surface area contributed by atoms with Gasteiger partial charge in [0.25, 0.3) is 0 Å². The first-order chi connectivity index (χ1) is 7.20. The molecule has 4 heteroatoms. The summed E-state index contributed by atoms with van der Waals surface area (Å²) in [6.45, 7) is 2.51. The third-order valence-corrected chi connectivity index (χ3v) is 2.80. The lowest BCUT2D eigenvalue weighted by molar-refractivity contribution is -0.133. The molecular weight excluding hydrogens is 192 g/mol. The van der Waals surface area contributed by atoms with E-state index in [1.165, 1.54) is 0 Å². The average Bonchev–Trinajstić information content (AvgIpc) is 2.86. The number of rotatable bonds is 2. The van der Waals surface area contributed by atoms with Crippen molar-refractivity contribution in [3.63, 3.8) is 0 Å². The molecule has 1 aromatic rings. The standard InChI is InChI=1S/C11H16N2O2/c1-8(12)11(14)13-6-2-4-9(13)10-5-3-7-15-10/h3,5,7-9H,2,4,6,12H2,1H3. The SMILES string of the molecule is CC(N)C(=O)N1CCCC1c1ccco1. The number of furan rings is 1. The average molecular weight is 208 g/mol. The smallest absolute Gasteiger partial charge is 0.239 e. The van der Waals surface area contributed by atoms with Gasteiger partial charge in [-0.3, -0.25) is 4.79 Å². The Morgan fingerprint density at radius 3 is 3.13 bits per heavy atom. The number of hydrogen-bond donors (Lipinski definition) is 1. The minimum atomic E-state index is -0.430. The van der Waals surface area contributed by atoms with Crippen LogP contribution in [0.5, 0.6) is 0 Å². The van der Waals surface area contributed by atoms with Crippen molar-refractivity contribution in [2.75, 3.05) is 6.54 Å². The van der Waals surface area contributed by atoms with Gasteiger partial charge in [0.2, 0.25) is 5.91 Å². The van der Waals surface area contributed by atoms with Crippen LogP contribution in [0.25, 0.3) is 0 Å². The first-order valence-electron chi connectivity index (χ1n) is 5.29. The van der Waals surface area contributed by atoms with E-state index in [4.69, 9.17) is 10.2 Å². The Kier molecular flexibility index (Phi) is 2.77. The van der Waals surface area contributed by atoms with Crippen LogP contribution in [0.1, 0.15) is 31.6 Å². The van der Waals surface area contributed by atoms with E-state index >= 15 is 0 Å². The van der Waals surface area contributed by atoms with E-state index in [0.29, 0.717) is 0 Å². The molecule has 15 heavy (non-hydrogen) atoms. The van der Waals surface area contributed by atoms with Crippen molar-refractivity contribution >= 4 is 5.91 Å². The van der Waals surface area contributed by atoms with Crippen LogP contribution in [0.2, 0.25) is 0 Å². The van der Waals surface area contributed by atoms with Gasteiger partial charge in [0.1, 0.15) is 5.76 Å². The van der Waals surface area contributed by atoms with Crippen LogP contribution in [-0.2, 0) is 4.79 Å². The van der Waals surface area contributed by atoms with Crippen LogP contribution in [0, 0.1) is 0 Å². The van der Waals surface area contributed by atoms with Crippen molar-refractivity contribution in [3.8, 4) is 0 Å². The molecule has 2 heterocycles. The summed E-state index contributed by atoms with van der Waals surface area (Å²) < 4.78 is 5.34. The van der Waals surface area contributed by atoms with E-state index in [9.17, 15) is 4.79 Å². The first-order valence-corrected chi connectivity index (χ1v) is 5.29. The Labute approximate surface area is 89.0 Å². The topological polar surface area (TPSA) is 59.5 Å². The monoisotopic (exact) mass is 208 g/mol. The molecule has 0 aliphatic carbocycles. The van der Waals surface area contributed by atoms with Crippen molar-refractivity contribution < 1.29 is 9.21 Å². The molecule has 1 saturated heterocycles. The van der Waals surface area contributed by atoms with Gasteiger partial charge in [0, 0.05) is 6.54 Å². The van der Waals surface area contributed by atoms with E-state index in [0.717, 1.165) is 25.1 Å². The molecule has 2 rings (SSSR count). The summed E-state index contributed by atoms with van der Waals surface area (Å²) in [4.78, 5) is 13.6. The van der Waals surface area contributed by atoms with Crippen molar-refractivity contribution in [1.82, 2.24) is 4.90 Å². The number of amides is 1. The van der Waals surface area contributed by atoms with Crippen LogP contribution in [0.4, 0.5) is 0 Å². The summed E-state index contributed by atoms with van der Waals surface area (Å²) in [6, 6.07) is 3.42. The molecule has 1 amide bonds. The lowest BCUT2D eigenvalue weighted by atomic mass is 10.1. The van der Waals surface area contributed by atoms with E-state index in [2.05, 4.69) is 0 Å². The first kappa shape index (κ1) is 10.2. The molecule has 0 radical (unpaired) electrons. The molecule has 1 aromatic heterocycles. The third kappa shape index (κ3) is 1.90. The molecule has 1 fully saturated rings. The molecule has 1 aliphatic heterocycles. The van der Waals surface area contributed by atoms with Crippen LogP contribution >= 0.6 is 0 Å². The van der Waals surface area contributed by atoms with Gasteiger partial charge >= 0.3 is 0 Å². The summed E-state index contributed by atoms with van der Waals surface area (Å²) >= 11 is 0. The molecular formula is C11H16N2O2. The highest BCUT2D eigenvalue weighted by atomic mass is 16.3. The van der Waals surface area contributed by atoms with E-state index in [-0.39, 0.29) is 11.9 Å². The Bertz CT molecular complexity index is 332. The van der Waals surface area contributed by atoms with Crippen LogP contribution in [0.3, 0.4) is 0 Å². The second-order valence-electron chi connectivity index (χ2n) is 3.99. The molecule has 0 spiro atoms. The van der Waals surface area contributed by atoms with Gasteiger partial charge in [-0.15, -0.1) is 0 Å². The van der Waals surface area contributed by atoms with Gasteiger partial charge < -0.3 is 15.1 Å². The van der Waals surface area contributed by atoms with Gasteiger partial charge in [0.05, 0.1) is 18.3 Å². The Balaban J connectivity index is 2.15. The van der Waals surface area contributed by atoms with Crippen molar-refractivity contribution in [2.24, 2.45) is 5.73 Å². The fourth-order valence-corrected chi connectivity index (χ4v) is 2.07. The van der Waals surface area contributed by atoms with Crippen molar-refractivity contribution in [2.45, 2.75) is 31.8 Å². The number of carbonyl (C=O) groups is 1. The Morgan fingerprint density at radius 1 is 1.73 bits per heavy atom. The number of carbonyl (C=O) groups excluding carboxylic acids is 1. The number of nitrogens with zero attached hydrogens (tertiary/aromatic N) is 1. The fraction of sp³-hybridized carbons (Fsp3) is 0.545. The fourth-order valence-electron chi connectivity index (χ4n) is 2.07. The quantitative estimate of drug-likeness (QED) is 0.796. The minimum absolute atomic E-state index is 0.00824. The highest BCUT2D eigenvalue weighted by Crippen LogP contribution is 2.32. The van der Waals surface area contributed by atoms with Crippen LogP contribution < -0.4 is 5.73 Å². The molecule has 2 N–H and O–H groups in total. The van der Waals surface area contributed by atoms with Gasteiger partial charge in [-0.05, 0) is 31.9 Å².